The predicted octanol–water partition coefficient (Wildman–Crippen LogP) is 3.58. The van der Waals surface area contributed by atoms with Crippen molar-refractivity contribution in [2.45, 2.75) is 19.3 Å². The average molecular weight is 243 g/mol. The van der Waals surface area contributed by atoms with Gasteiger partial charge in [0.25, 0.3) is 0 Å². The van der Waals surface area contributed by atoms with Crippen LogP contribution in [0.25, 0.3) is 0 Å². The second-order valence-corrected chi connectivity index (χ2v) is 3.94. The maximum Gasteiger partial charge on any atom is 0.118 e. The van der Waals surface area contributed by atoms with E-state index < -0.39 is 0 Å². The van der Waals surface area contributed by atoms with Gasteiger partial charge in [-0.3, -0.25) is 0 Å². The molecule has 1 atom stereocenters. The average Bonchev–Trinajstić information content (AvgIpc) is 2.18. The Kier molecular flexibility index (Phi) is 4.29. The molecule has 0 amide bonds. The molecule has 0 N–H and O–H groups in total. The molecule has 0 bridgehead atoms. The molecule has 0 aliphatic carbocycles. The zero-order chi connectivity index (χ0) is 9.68. The first-order chi connectivity index (χ1) is 6.27. The summed E-state index contributed by atoms with van der Waals surface area (Å²) in [7, 11) is 1.69. The van der Waals surface area contributed by atoms with Crippen LogP contribution in [-0.4, -0.2) is 12.4 Å². The quantitative estimate of drug-likeness (QED) is 0.734. The fourth-order valence-electron chi connectivity index (χ4n) is 1.26. The smallest absolute Gasteiger partial charge is 0.118 e. The van der Waals surface area contributed by atoms with Gasteiger partial charge in [-0.05, 0) is 30.0 Å². The predicted molar refractivity (Wildman–Crippen MR) is 59.8 cm³/mol. The lowest BCUT2D eigenvalue weighted by Crippen LogP contribution is -1.94. The van der Waals surface area contributed by atoms with Crippen LogP contribution in [0.3, 0.4) is 0 Å². The first-order valence-electron chi connectivity index (χ1n) is 4.48. The summed E-state index contributed by atoms with van der Waals surface area (Å²) in [4.78, 5) is 0. The first kappa shape index (κ1) is 10.6. The lowest BCUT2D eigenvalue weighted by atomic mass is 9.99. The van der Waals surface area contributed by atoms with Gasteiger partial charge in [-0.25, -0.2) is 0 Å². The summed E-state index contributed by atoms with van der Waals surface area (Å²) in [6.45, 7) is 2.24. The van der Waals surface area contributed by atoms with Crippen molar-refractivity contribution in [3.8, 4) is 5.75 Å². The van der Waals surface area contributed by atoms with Gasteiger partial charge < -0.3 is 4.74 Å². The minimum atomic E-state index is 0.616. The third kappa shape index (κ3) is 3.03. The topological polar surface area (TPSA) is 9.23 Å². The molecule has 0 heterocycles. The summed E-state index contributed by atoms with van der Waals surface area (Å²) >= 11 is 3.45. The number of benzene rings is 1. The number of halogens is 1. The Morgan fingerprint density at radius 3 is 2.38 bits per heavy atom. The molecule has 0 aliphatic heterocycles. The van der Waals surface area contributed by atoms with Crippen molar-refractivity contribution in [2.24, 2.45) is 0 Å². The molecule has 1 unspecified atom stereocenters. The zero-order valence-electron chi connectivity index (χ0n) is 8.09. The Morgan fingerprint density at radius 1 is 1.31 bits per heavy atom. The summed E-state index contributed by atoms with van der Waals surface area (Å²) in [5.74, 6) is 1.54. The summed E-state index contributed by atoms with van der Waals surface area (Å²) in [6, 6.07) is 8.29. The first-order valence-corrected chi connectivity index (χ1v) is 5.60. The van der Waals surface area contributed by atoms with Crippen molar-refractivity contribution in [3.63, 3.8) is 0 Å². The van der Waals surface area contributed by atoms with Gasteiger partial charge in [0, 0.05) is 5.33 Å². The van der Waals surface area contributed by atoms with Crippen LogP contribution < -0.4 is 4.74 Å². The highest BCUT2D eigenvalue weighted by Crippen LogP contribution is 2.22. The zero-order valence-corrected chi connectivity index (χ0v) is 9.67. The number of hydrogen-bond donors (Lipinski definition) is 0. The third-order valence-corrected chi connectivity index (χ3v) is 2.68. The van der Waals surface area contributed by atoms with Crippen molar-refractivity contribution in [1.82, 2.24) is 0 Å². The van der Waals surface area contributed by atoms with E-state index in [1.54, 1.807) is 7.11 Å². The Hall–Kier alpha value is -0.500. The highest BCUT2D eigenvalue weighted by Gasteiger charge is 2.03. The number of ether oxygens (including phenoxy) is 1. The highest BCUT2D eigenvalue weighted by molar-refractivity contribution is 9.09. The molecule has 1 rings (SSSR count). The molecule has 1 aromatic carbocycles. The highest BCUT2D eigenvalue weighted by atomic mass is 79.9. The van der Waals surface area contributed by atoms with E-state index in [0.29, 0.717) is 5.92 Å². The molecular weight excluding hydrogens is 228 g/mol. The van der Waals surface area contributed by atoms with Crippen LogP contribution in [0, 0.1) is 0 Å². The summed E-state index contributed by atoms with van der Waals surface area (Å²) in [5.41, 5.74) is 1.38. The van der Waals surface area contributed by atoms with Crippen molar-refractivity contribution < 1.29 is 4.74 Å². The normalized spacial score (nSPS) is 12.5. The van der Waals surface area contributed by atoms with Crippen molar-refractivity contribution in [2.75, 3.05) is 12.4 Å². The van der Waals surface area contributed by atoms with Crippen molar-refractivity contribution in [3.05, 3.63) is 29.8 Å². The molecule has 0 aliphatic rings. The van der Waals surface area contributed by atoms with E-state index >= 15 is 0 Å². The van der Waals surface area contributed by atoms with E-state index in [2.05, 4.69) is 35.0 Å². The SMILES string of the molecule is COc1ccc(C(C)CCBr)cc1. The van der Waals surface area contributed by atoms with Crippen LogP contribution in [0.15, 0.2) is 24.3 Å². The van der Waals surface area contributed by atoms with E-state index in [0.717, 1.165) is 11.1 Å². The molecular formula is C11H15BrO. The number of methoxy groups -OCH3 is 1. The van der Waals surface area contributed by atoms with Crippen LogP contribution in [0.4, 0.5) is 0 Å². The molecule has 72 valence electrons. The van der Waals surface area contributed by atoms with Gasteiger partial charge in [-0.15, -0.1) is 0 Å². The maximum atomic E-state index is 5.10. The van der Waals surface area contributed by atoms with E-state index in [1.165, 1.54) is 12.0 Å². The van der Waals surface area contributed by atoms with Gasteiger partial charge in [0.2, 0.25) is 0 Å². The Bertz CT molecular complexity index is 243. The van der Waals surface area contributed by atoms with Crippen LogP contribution in [0.5, 0.6) is 5.75 Å². The second kappa shape index (κ2) is 5.28. The third-order valence-electron chi connectivity index (χ3n) is 2.23. The summed E-state index contributed by atoms with van der Waals surface area (Å²) in [6.07, 6.45) is 1.17. The molecule has 0 radical (unpaired) electrons. The lowest BCUT2D eigenvalue weighted by molar-refractivity contribution is 0.414. The van der Waals surface area contributed by atoms with Gasteiger partial charge >= 0.3 is 0 Å². The molecule has 0 saturated carbocycles. The van der Waals surface area contributed by atoms with E-state index in [9.17, 15) is 0 Å². The Balaban J connectivity index is 2.67. The Labute approximate surface area is 88.2 Å². The van der Waals surface area contributed by atoms with Gasteiger partial charge in [0.15, 0.2) is 0 Å². The van der Waals surface area contributed by atoms with Crippen molar-refractivity contribution in [1.29, 1.82) is 0 Å². The fourth-order valence-corrected chi connectivity index (χ4v) is 1.95. The van der Waals surface area contributed by atoms with Crippen LogP contribution in [-0.2, 0) is 0 Å². The standard InChI is InChI=1S/C11H15BrO/c1-9(7-8-12)10-3-5-11(13-2)6-4-10/h3-6,9H,7-8H2,1-2H3. The fraction of sp³-hybridized carbons (Fsp3) is 0.455. The lowest BCUT2D eigenvalue weighted by Gasteiger charge is -2.10. The summed E-state index contributed by atoms with van der Waals surface area (Å²) < 4.78 is 5.10. The van der Waals surface area contributed by atoms with Gasteiger partial charge in [0.05, 0.1) is 7.11 Å². The molecule has 13 heavy (non-hydrogen) atoms. The summed E-state index contributed by atoms with van der Waals surface area (Å²) in [5, 5.41) is 1.06. The molecule has 1 nitrogen and oxygen atoms in total. The van der Waals surface area contributed by atoms with Crippen LogP contribution in [0.2, 0.25) is 0 Å². The molecule has 0 spiro atoms. The maximum absolute atomic E-state index is 5.10. The molecule has 0 fully saturated rings. The molecule has 0 aromatic heterocycles. The van der Waals surface area contributed by atoms with Crippen LogP contribution >= 0.6 is 15.9 Å². The molecule has 1 aromatic rings. The van der Waals surface area contributed by atoms with Gasteiger partial charge in [-0.1, -0.05) is 35.0 Å². The minimum absolute atomic E-state index is 0.616. The van der Waals surface area contributed by atoms with Crippen LogP contribution in [0.1, 0.15) is 24.8 Å². The molecule has 2 heteroatoms. The Morgan fingerprint density at radius 2 is 1.92 bits per heavy atom. The monoisotopic (exact) mass is 242 g/mol. The molecule has 0 saturated heterocycles. The second-order valence-electron chi connectivity index (χ2n) is 3.15. The van der Waals surface area contributed by atoms with E-state index in [4.69, 9.17) is 4.74 Å². The largest absolute Gasteiger partial charge is 0.497 e. The van der Waals surface area contributed by atoms with E-state index in [1.807, 2.05) is 12.1 Å². The number of rotatable bonds is 4. The van der Waals surface area contributed by atoms with Crippen molar-refractivity contribution >= 4 is 15.9 Å². The van der Waals surface area contributed by atoms with E-state index in [-0.39, 0.29) is 0 Å². The van der Waals surface area contributed by atoms with Gasteiger partial charge in [0.1, 0.15) is 5.75 Å². The minimum Gasteiger partial charge on any atom is -0.497 e. The number of hydrogen-bond acceptors (Lipinski definition) is 1. The number of alkyl halides is 1. The van der Waals surface area contributed by atoms with Gasteiger partial charge in [-0.2, -0.15) is 0 Å².